The molecule has 0 aromatic carbocycles. The summed E-state index contributed by atoms with van der Waals surface area (Å²) in [5, 5.41) is 11.4. The molecule has 3 heteroatoms. The maximum Gasteiger partial charge on any atom is 0.0798 e. The van der Waals surface area contributed by atoms with Crippen LogP contribution in [0.3, 0.4) is 0 Å². The van der Waals surface area contributed by atoms with Gasteiger partial charge in [-0.05, 0) is 30.4 Å². The molecular formula is C12H17NOS. The molecule has 0 unspecified atom stereocenters. The van der Waals surface area contributed by atoms with Crippen LogP contribution in [0.5, 0.6) is 0 Å². The van der Waals surface area contributed by atoms with Crippen LogP contribution >= 0.6 is 11.3 Å². The summed E-state index contributed by atoms with van der Waals surface area (Å²) in [4.78, 5) is 4.23. The zero-order valence-corrected chi connectivity index (χ0v) is 9.67. The van der Waals surface area contributed by atoms with Crippen molar-refractivity contribution in [3.63, 3.8) is 0 Å². The minimum Gasteiger partial charge on any atom is -0.392 e. The number of hydrogen-bond acceptors (Lipinski definition) is 3. The summed E-state index contributed by atoms with van der Waals surface area (Å²) in [5.41, 5.74) is 4.00. The Morgan fingerprint density at radius 2 is 2.27 bits per heavy atom. The highest BCUT2D eigenvalue weighted by Crippen LogP contribution is 2.30. The topological polar surface area (TPSA) is 33.1 Å². The Bertz CT molecular complexity index is 312. The predicted molar refractivity (Wildman–Crippen MR) is 63.8 cm³/mol. The van der Waals surface area contributed by atoms with Crippen molar-refractivity contribution >= 4 is 17.4 Å². The first kappa shape index (κ1) is 10.8. The summed E-state index contributed by atoms with van der Waals surface area (Å²) in [6, 6.07) is 0. The van der Waals surface area contributed by atoms with Gasteiger partial charge in [-0.2, -0.15) is 0 Å². The molecule has 15 heavy (non-hydrogen) atoms. The predicted octanol–water partition coefficient (Wildman–Crippen LogP) is 3.10. The Morgan fingerprint density at radius 1 is 1.47 bits per heavy atom. The number of rotatable bonds is 3. The highest BCUT2D eigenvalue weighted by Gasteiger charge is 2.17. The standard InChI is InChI=1S/C12H17NOS/c14-7-11(6-12-8-15-9-13-12)10-4-2-1-3-5-10/h6,8-10,14H,1-5,7H2. The smallest absolute Gasteiger partial charge is 0.0798 e. The molecule has 1 aromatic heterocycles. The molecular weight excluding hydrogens is 206 g/mol. The van der Waals surface area contributed by atoms with E-state index in [0.29, 0.717) is 5.92 Å². The van der Waals surface area contributed by atoms with Gasteiger partial charge in [0.05, 0.1) is 17.8 Å². The minimum atomic E-state index is 0.183. The van der Waals surface area contributed by atoms with Crippen LogP contribution in [-0.2, 0) is 0 Å². The van der Waals surface area contributed by atoms with E-state index >= 15 is 0 Å². The second kappa shape index (κ2) is 5.42. The van der Waals surface area contributed by atoms with Crippen molar-refractivity contribution in [3.8, 4) is 0 Å². The Kier molecular flexibility index (Phi) is 3.92. The van der Waals surface area contributed by atoms with E-state index < -0.39 is 0 Å². The maximum atomic E-state index is 9.38. The Labute approximate surface area is 94.7 Å². The van der Waals surface area contributed by atoms with Gasteiger partial charge < -0.3 is 5.11 Å². The van der Waals surface area contributed by atoms with Crippen LogP contribution in [0.2, 0.25) is 0 Å². The normalized spacial score (nSPS) is 19.4. The highest BCUT2D eigenvalue weighted by molar-refractivity contribution is 7.07. The van der Waals surface area contributed by atoms with Crippen LogP contribution < -0.4 is 0 Å². The van der Waals surface area contributed by atoms with E-state index in [2.05, 4.69) is 11.1 Å². The van der Waals surface area contributed by atoms with Crippen molar-refractivity contribution in [3.05, 3.63) is 22.2 Å². The number of aliphatic hydroxyl groups is 1. The quantitative estimate of drug-likeness (QED) is 0.854. The summed E-state index contributed by atoms with van der Waals surface area (Å²) < 4.78 is 0. The van der Waals surface area contributed by atoms with Crippen molar-refractivity contribution in [1.82, 2.24) is 4.98 Å². The molecule has 2 nitrogen and oxygen atoms in total. The highest BCUT2D eigenvalue weighted by atomic mass is 32.1. The monoisotopic (exact) mass is 223 g/mol. The molecule has 1 saturated carbocycles. The molecule has 0 saturated heterocycles. The van der Waals surface area contributed by atoms with Crippen LogP contribution in [0.4, 0.5) is 0 Å². The van der Waals surface area contributed by atoms with E-state index in [0.717, 1.165) is 5.69 Å². The SMILES string of the molecule is OCC(=Cc1cscn1)C1CCCCC1. The minimum absolute atomic E-state index is 0.183. The average Bonchev–Trinajstić information content (AvgIpc) is 2.80. The summed E-state index contributed by atoms with van der Waals surface area (Å²) in [5.74, 6) is 0.588. The fourth-order valence-corrected chi connectivity index (χ4v) is 2.76. The summed E-state index contributed by atoms with van der Waals surface area (Å²) in [7, 11) is 0. The van der Waals surface area contributed by atoms with Gasteiger partial charge in [-0.1, -0.05) is 19.3 Å². The molecule has 82 valence electrons. The third-order valence-corrected chi connectivity index (χ3v) is 3.70. The molecule has 0 radical (unpaired) electrons. The van der Waals surface area contributed by atoms with E-state index in [1.165, 1.54) is 37.7 Å². The van der Waals surface area contributed by atoms with Crippen molar-refractivity contribution in [2.75, 3.05) is 6.61 Å². The van der Waals surface area contributed by atoms with Crippen LogP contribution in [-0.4, -0.2) is 16.7 Å². The van der Waals surface area contributed by atoms with E-state index in [1.54, 1.807) is 11.3 Å². The molecule has 0 spiro atoms. The largest absolute Gasteiger partial charge is 0.392 e. The average molecular weight is 223 g/mol. The van der Waals surface area contributed by atoms with E-state index in [9.17, 15) is 5.11 Å². The number of hydrogen-bond donors (Lipinski definition) is 1. The van der Waals surface area contributed by atoms with Crippen LogP contribution in [0.15, 0.2) is 16.5 Å². The Balaban J connectivity index is 2.08. The molecule has 1 fully saturated rings. The summed E-state index contributed by atoms with van der Waals surface area (Å²) in [6.45, 7) is 0.183. The molecule has 0 amide bonds. The fraction of sp³-hybridized carbons (Fsp3) is 0.583. The Morgan fingerprint density at radius 3 is 2.87 bits per heavy atom. The van der Waals surface area contributed by atoms with E-state index in [-0.39, 0.29) is 6.61 Å². The van der Waals surface area contributed by atoms with Gasteiger partial charge in [-0.25, -0.2) is 4.98 Å². The molecule has 1 heterocycles. The number of thiazole rings is 1. The van der Waals surface area contributed by atoms with Gasteiger partial charge in [0.15, 0.2) is 0 Å². The van der Waals surface area contributed by atoms with Gasteiger partial charge in [0.25, 0.3) is 0 Å². The lowest BCUT2D eigenvalue weighted by atomic mass is 9.83. The lowest BCUT2D eigenvalue weighted by Gasteiger charge is -2.23. The van der Waals surface area contributed by atoms with Crippen LogP contribution in [0.1, 0.15) is 37.8 Å². The van der Waals surface area contributed by atoms with Gasteiger partial charge in [-0.3, -0.25) is 0 Å². The van der Waals surface area contributed by atoms with Gasteiger partial charge >= 0.3 is 0 Å². The Hall–Kier alpha value is -0.670. The van der Waals surface area contributed by atoms with Crippen LogP contribution in [0, 0.1) is 5.92 Å². The van der Waals surface area contributed by atoms with Crippen molar-refractivity contribution in [2.45, 2.75) is 32.1 Å². The molecule has 1 N–H and O–H groups in total. The van der Waals surface area contributed by atoms with Crippen molar-refractivity contribution in [2.24, 2.45) is 5.92 Å². The molecule has 1 aliphatic rings. The van der Waals surface area contributed by atoms with Crippen molar-refractivity contribution in [1.29, 1.82) is 0 Å². The first-order valence-electron chi connectivity index (χ1n) is 5.59. The molecule has 2 rings (SSSR count). The first-order valence-corrected chi connectivity index (χ1v) is 6.54. The molecule has 1 aliphatic carbocycles. The fourth-order valence-electron chi connectivity index (χ4n) is 2.25. The second-order valence-corrected chi connectivity index (χ2v) is 4.84. The van der Waals surface area contributed by atoms with Gasteiger partial charge in [0.1, 0.15) is 0 Å². The number of aliphatic hydroxyl groups excluding tert-OH is 1. The summed E-state index contributed by atoms with van der Waals surface area (Å²) in [6.07, 6.45) is 8.49. The molecule has 0 aliphatic heterocycles. The first-order chi connectivity index (χ1) is 7.40. The zero-order chi connectivity index (χ0) is 10.5. The van der Waals surface area contributed by atoms with E-state index in [1.807, 2.05) is 10.9 Å². The molecule has 0 atom stereocenters. The lowest BCUT2D eigenvalue weighted by Crippen LogP contribution is -2.11. The molecule has 1 aromatic rings. The van der Waals surface area contributed by atoms with Gasteiger partial charge in [0.2, 0.25) is 0 Å². The lowest BCUT2D eigenvalue weighted by molar-refractivity contribution is 0.295. The number of aromatic nitrogens is 1. The maximum absolute atomic E-state index is 9.38. The van der Waals surface area contributed by atoms with Gasteiger partial charge in [-0.15, -0.1) is 11.3 Å². The second-order valence-electron chi connectivity index (χ2n) is 4.13. The number of nitrogens with zero attached hydrogens (tertiary/aromatic N) is 1. The molecule has 0 bridgehead atoms. The van der Waals surface area contributed by atoms with E-state index in [4.69, 9.17) is 0 Å². The summed E-state index contributed by atoms with van der Waals surface area (Å²) >= 11 is 1.60. The van der Waals surface area contributed by atoms with Crippen molar-refractivity contribution < 1.29 is 5.11 Å². The van der Waals surface area contributed by atoms with Crippen LogP contribution in [0.25, 0.3) is 6.08 Å². The van der Waals surface area contributed by atoms with Gasteiger partial charge in [0, 0.05) is 5.38 Å². The third-order valence-electron chi connectivity index (χ3n) is 3.10. The zero-order valence-electron chi connectivity index (χ0n) is 8.85. The third kappa shape index (κ3) is 2.89.